The highest BCUT2D eigenvalue weighted by Gasteiger charge is 2.47. The van der Waals surface area contributed by atoms with Crippen LogP contribution in [0.3, 0.4) is 0 Å². The minimum absolute atomic E-state index is 0.291. The topological polar surface area (TPSA) is 29.5 Å². The summed E-state index contributed by atoms with van der Waals surface area (Å²) < 4.78 is 5.23. The van der Waals surface area contributed by atoms with Crippen LogP contribution >= 0.6 is 0 Å². The molecule has 1 amide bonds. The van der Waals surface area contributed by atoms with Crippen LogP contribution in [-0.4, -0.2) is 24.1 Å². The highest BCUT2D eigenvalue weighted by molar-refractivity contribution is 5.72. The van der Waals surface area contributed by atoms with Gasteiger partial charge < -0.3 is 4.74 Å². The Morgan fingerprint density at radius 1 is 1.28 bits per heavy atom. The van der Waals surface area contributed by atoms with Crippen molar-refractivity contribution in [3.63, 3.8) is 0 Å². The van der Waals surface area contributed by atoms with Crippen LogP contribution in [0.1, 0.15) is 12.0 Å². The number of cyclic esters (lactones) is 1. The molecule has 3 heteroatoms. The zero-order valence-corrected chi connectivity index (χ0v) is 10.3. The van der Waals surface area contributed by atoms with E-state index >= 15 is 0 Å². The van der Waals surface area contributed by atoms with Gasteiger partial charge in [-0.25, -0.2) is 4.79 Å². The molecule has 1 atom stereocenters. The quantitative estimate of drug-likeness (QED) is 0.744. The van der Waals surface area contributed by atoms with Gasteiger partial charge in [-0.3, -0.25) is 4.90 Å². The number of ether oxygens (including phenoxy) is 1. The fraction of sp³-hybridized carbons (Fsp3) is 0.267. The zero-order valence-electron chi connectivity index (χ0n) is 10.3. The second-order valence-corrected chi connectivity index (χ2v) is 4.34. The number of hydrogen-bond acceptors (Lipinski definition) is 2. The van der Waals surface area contributed by atoms with Gasteiger partial charge in [-0.15, -0.1) is 13.2 Å². The standard InChI is InChI=1S/C15H17NO2/c1-3-10-15(13-8-6-5-7-9-13)12-18-14(17)16(15)11-4-2/h3-9H,1-2,10-12H2/t15-/m1/s1. The van der Waals surface area contributed by atoms with Gasteiger partial charge in [0.2, 0.25) is 0 Å². The molecule has 1 aromatic carbocycles. The molecule has 18 heavy (non-hydrogen) atoms. The third-order valence-electron chi connectivity index (χ3n) is 3.28. The van der Waals surface area contributed by atoms with E-state index in [1.54, 1.807) is 11.0 Å². The lowest BCUT2D eigenvalue weighted by Gasteiger charge is -2.34. The summed E-state index contributed by atoms with van der Waals surface area (Å²) in [5.41, 5.74) is 0.617. The summed E-state index contributed by atoms with van der Waals surface area (Å²) in [6.07, 6.45) is 3.91. The fourth-order valence-electron chi connectivity index (χ4n) is 2.40. The number of amides is 1. The van der Waals surface area contributed by atoms with Gasteiger partial charge in [-0.05, 0) is 12.0 Å². The Kier molecular flexibility index (Phi) is 3.51. The van der Waals surface area contributed by atoms with Crippen LogP contribution < -0.4 is 0 Å². The van der Waals surface area contributed by atoms with Crippen LogP contribution in [0.4, 0.5) is 4.79 Å². The van der Waals surface area contributed by atoms with E-state index in [-0.39, 0.29) is 6.09 Å². The van der Waals surface area contributed by atoms with E-state index in [1.165, 1.54) is 0 Å². The van der Waals surface area contributed by atoms with E-state index in [1.807, 2.05) is 36.4 Å². The summed E-state index contributed by atoms with van der Waals surface area (Å²) in [5, 5.41) is 0. The van der Waals surface area contributed by atoms with E-state index < -0.39 is 5.54 Å². The molecule has 0 N–H and O–H groups in total. The van der Waals surface area contributed by atoms with Crippen molar-refractivity contribution in [2.24, 2.45) is 0 Å². The normalized spacial score (nSPS) is 22.7. The lowest BCUT2D eigenvalue weighted by Crippen LogP contribution is -2.44. The molecule has 2 rings (SSSR count). The largest absolute Gasteiger partial charge is 0.446 e. The predicted molar refractivity (Wildman–Crippen MR) is 71.2 cm³/mol. The van der Waals surface area contributed by atoms with Crippen LogP contribution in [0.5, 0.6) is 0 Å². The molecule has 0 unspecified atom stereocenters. The molecule has 0 saturated carbocycles. The Balaban J connectivity index is 2.46. The number of carbonyl (C=O) groups excluding carboxylic acids is 1. The molecule has 3 nitrogen and oxygen atoms in total. The molecule has 0 aromatic heterocycles. The third-order valence-corrected chi connectivity index (χ3v) is 3.28. The lowest BCUT2D eigenvalue weighted by molar-refractivity contribution is 0.156. The highest BCUT2D eigenvalue weighted by Crippen LogP contribution is 2.37. The van der Waals surface area contributed by atoms with Crippen molar-refractivity contribution >= 4 is 6.09 Å². The van der Waals surface area contributed by atoms with E-state index in [0.717, 1.165) is 5.56 Å². The molecule has 0 radical (unpaired) electrons. The lowest BCUT2D eigenvalue weighted by atomic mass is 9.86. The SMILES string of the molecule is C=CCN1C(=O)OC[C@]1(CC=C)c1ccccc1. The molecule has 0 bridgehead atoms. The number of rotatable bonds is 5. The monoisotopic (exact) mass is 243 g/mol. The van der Waals surface area contributed by atoms with Gasteiger partial charge in [-0.1, -0.05) is 42.5 Å². The molecular weight excluding hydrogens is 226 g/mol. The Bertz CT molecular complexity index is 455. The van der Waals surface area contributed by atoms with Crippen molar-refractivity contribution in [3.05, 3.63) is 61.2 Å². The minimum atomic E-state index is -0.450. The van der Waals surface area contributed by atoms with Gasteiger partial charge in [0.1, 0.15) is 12.1 Å². The number of nitrogens with zero attached hydrogens (tertiary/aromatic N) is 1. The summed E-state index contributed by atoms with van der Waals surface area (Å²) in [7, 11) is 0. The number of hydrogen-bond donors (Lipinski definition) is 0. The van der Waals surface area contributed by atoms with Crippen molar-refractivity contribution < 1.29 is 9.53 Å². The first-order chi connectivity index (χ1) is 8.74. The second kappa shape index (κ2) is 5.08. The van der Waals surface area contributed by atoms with E-state index in [0.29, 0.717) is 19.6 Å². The Labute approximate surface area is 107 Å². The smallest absolute Gasteiger partial charge is 0.411 e. The maximum Gasteiger partial charge on any atom is 0.411 e. The van der Waals surface area contributed by atoms with Crippen LogP contribution in [0.15, 0.2) is 55.6 Å². The van der Waals surface area contributed by atoms with Crippen molar-refractivity contribution in [1.29, 1.82) is 0 Å². The van der Waals surface area contributed by atoms with Gasteiger partial charge in [0.05, 0.1) is 0 Å². The molecule has 1 heterocycles. The van der Waals surface area contributed by atoms with E-state index in [9.17, 15) is 4.79 Å². The first-order valence-electron chi connectivity index (χ1n) is 5.96. The first-order valence-corrected chi connectivity index (χ1v) is 5.96. The molecule has 0 aliphatic carbocycles. The Morgan fingerprint density at radius 3 is 2.61 bits per heavy atom. The van der Waals surface area contributed by atoms with Gasteiger partial charge in [0.25, 0.3) is 0 Å². The molecule has 1 aromatic rings. The molecule has 1 fully saturated rings. The number of carbonyl (C=O) groups is 1. The molecule has 94 valence electrons. The molecular formula is C15H17NO2. The Hall–Kier alpha value is -2.03. The van der Waals surface area contributed by atoms with Crippen LogP contribution in [0, 0.1) is 0 Å². The second-order valence-electron chi connectivity index (χ2n) is 4.34. The predicted octanol–water partition coefficient (Wildman–Crippen LogP) is 3.10. The van der Waals surface area contributed by atoms with Crippen molar-refractivity contribution in [1.82, 2.24) is 4.90 Å². The summed E-state index contributed by atoms with van der Waals surface area (Å²) >= 11 is 0. The van der Waals surface area contributed by atoms with Crippen LogP contribution in [0.2, 0.25) is 0 Å². The van der Waals surface area contributed by atoms with E-state index in [4.69, 9.17) is 4.74 Å². The first kappa shape index (κ1) is 12.4. The molecule has 1 aliphatic rings. The average Bonchev–Trinajstić information content (AvgIpc) is 2.71. The fourth-order valence-corrected chi connectivity index (χ4v) is 2.40. The van der Waals surface area contributed by atoms with Crippen LogP contribution in [-0.2, 0) is 10.3 Å². The van der Waals surface area contributed by atoms with Gasteiger partial charge in [0.15, 0.2) is 0 Å². The maximum absolute atomic E-state index is 11.8. The minimum Gasteiger partial charge on any atom is -0.446 e. The number of benzene rings is 1. The summed E-state index contributed by atoms with van der Waals surface area (Å²) in [4.78, 5) is 13.6. The highest BCUT2D eigenvalue weighted by atomic mass is 16.6. The summed E-state index contributed by atoms with van der Waals surface area (Å²) in [6, 6.07) is 9.92. The summed E-state index contributed by atoms with van der Waals surface area (Å²) in [5.74, 6) is 0. The van der Waals surface area contributed by atoms with Gasteiger partial charge in [-0.2, -0.15) is 0 Å². The molecule has 0 spiro atoms. The van der Waals surface area contributed by atoms with Crippen molar-refractivity contribution in [2.75, 3.05) is 13.2 Å². The maximum atomic E-state index is 11.8. The average molecular weight is 243 g/mol. The van der Waals surface area contributed by atoms with Crippen molar-refractivity contribution in [3.8, 4) is 0 Å². The molecule has 1 saturated heterocycles. The van der Waals surface area contributed by atoms with Crippen LogP contribution in [0.25, 0.3) is 0 Å². The zero-order chi connectivity index (χ0) is 13.0. The van der Waals surface area contributed by atoms with Crippen molar-refractivity contribution in [2.45, 2.75) is 12.0 Å². The Morgan fingerprint density at radius 2 is 2.00 bits per heavy atom. The summed E-state index contributed by atoms with van der Waals surface area (Å²) in [6.45, 7) is 8.33. The van der Waals surface area contributed by atoms with Gasteiger partial charge in [0, 0.05) is 6.54 Å². The van der Waals surface area contributed by atoms with E-state index in [2.05, 4.69) is 13.2 Å². The third kappa shape index (κ3) is 1.92. The molecule has 1 aliphatic heterocycles. The van der Waals surface area contributed by atoms with Gasteiger partial charge >= 0.3 is 6.09 Å².